The maximum Gasteiger partial charge on any atom is 0.338 e. The smallest absolute Gasteiger partial charge is 0.338 e. The summed E-state index contributed by atoms with van der Waals surface area (Å²) in [5.74, 6) is 0.126. The number of hydrogen-bond donors (Lipinski definition) is 0. The number of allylic oxidation sites excluding steroid dienone is 1. The zero-order chi connectivity index (χ0) is 19.7. The van der Waals surface area contributed by atoms with Gasteiger partial charge in [-0.15, -0.1) is 0 Å². The van der Waals surface area contributed by atoms with E-state index in [-0.39, 0.29) is 12.2 Å². The Morgan fingerprint density at radius 2 is 2.07 bits per heavy atom. The fraction of sp³-hybridized carbons (Fsp3) is 0.190. The van der Waals surface area contributed by atoms with Gasteiger partial charge in [-0.05, 0) is 31.5 Å². The Balaban J connectivity index is 1.97. The molecule has 4 rings (SSSR count). The summed E-state index contributed by atoms with van der Waals surface area (Å²) in [7, 11) is 0. The first-order chi connectivity index (χ1) is 13.6. The molecular formula is C21H18N2O4S. The monoisotopic (exact) mass is 394 g/mol. The maximum atomic E-state index is 13.2. The predicted molar refractivity (Wildman–Crippen MR) is 106 cm³/mol. The van der Waals surface area contributed by atoms with Crippen molar-refractivity contribution in [3.63, 3.8) is 0 Å². The van der Waals surface area contributed by atoms with E-state index in [1.807, 2.05) is 30.3 Å². The van der Waals surface area contributed by atoms with Crippen LogP contribution in [0.4, 0.5) is 0 Å². The number of rotatable bonds is 4. The molecule has 0 amide bonds. The van der Waals surface area contributed by atoms with Gasteiger partial charge in [-0.2, -0.15) is 0 Å². The van der Waals surface area contributed by atoms with Gasteiger partial charge in [0.1, 0.15) is 5.76 Å². The number of carbonyl (C=O) groups is 1. The minimum atomic E-state index is -0.588. The van der Waals surface area contributed by atoms with Crippen LogP contribution in [-0.4, -0.2) is 17.1 Å². The molecule has 0 saturated heterocycles. The summed E-state index contributed by atoms with van der Waals surface area (Å²) < 4.78 is 12.7. The number of nitrogens with zero attached hydrogens (tertiary/aromatic N) is 2. The number of benzene rings is 1. The fourth-order valence-electron chi connectivity index (χ4n) is 3.24. The van der Waals surface area contributed by atoms with E-state index in [1.54, 1.807) is 42.9 Å². The predicted octanol–water partition coefficient (Wildman–Crippen LogP) is 2.39. The summed E-state index contributed by atoms with van der Waals surface area (Å²) >= 11 is 1.27. The summed E-state index contributed by atoms with van der Waals surface area (Å²) in [6.45, 7) is 3.77. The van der Waals surface area contributed by atoms with Crippen molar-refractivity contribution in [3.8, 4) is 0 Å². The number of aromatic nitrogens is 1. The van der Waals surface area contributed by atoms with E-state index in [2.05, 4.69) is 4.99 Å². The Morgan fingerprint density at radius 1 is 1.29 bits per heavy atom. The standard InChI is InChI=1S/C21H18N2O4S/c1-3-26-20(25)17-13(2)22-21-23(18(17)14-8-5-4-6-9-14)19(24)16(28-21)12-15-10-7-11-27-15/h4-12,18H,3H2,1-2H3/b16-12-/t18-/m1/s1. The second kappa shape index (κ2) is 7.44. The molecule has 1 aliphatic heterocycles. The van der Waals surface area contributed by atoms with Gasteiger partial charge < -0.3 is 9.15 Å². The fourth-order valence-corrected chi connectivity index (χ4v) is 4.27. The lowest BCUT2D eigenvalue weighted by atomic mass is 9.96. The highest BCUT2D eigenvalue weighted by Crippen LogP contribution is 2.30. The molecule has 0 N–H and O–H groups in total. The second-order valence-electron chi connectivity index (χ2n) is 6.23. The Morgan fingerprint density at radius 3 is 2.75 bits per heavy atom. The Kier molecular flexibility index (Phi) is 4.83. The van der Waals surface area contributed by atoms with Crippen LogP contribution >= 0.6 is 11.3 Å². The van der Waals surface area contributed by atoms with E-state index in [4.69, 9.17) is 9.15 Å². The second-order valence-corrected chi connectivity index (χ2v) is 7.24. The average Bonchev–Trinajstić information content (AvgIpc) is 3.30. The van der Waals surface area contributed by atoms with Crippen molar-refractivity contribution in [2.24, 2.45) is 4.99 Å². The molecule has 28 heavy (non-hydrogen) atoms. The maximum absolute atomic E-state index is 13.2. The van der Waals surface area contributed by atoms with E-state index >= 15 is 0 Å². The van der Waals surface area contributed by atoms with Gasteiger partial charge in [-0.1, -0.05) is 41.7 Å². The van der Waals surface area contributed by atoms with Crippen molar-refractivity contribution >= 4 is 23.4 Å². The van der Waals surface area contributed by atoms with Gasteiger partial charge in [0, 0.05) is 6.08 Å². The van der Waals surface area contributed by atoms with Gasteiger partial charge in [-0.25, -0.2) is 9.79 Å². The van der Waals surface area contributed by atoms with Crippen molar-refractivity contribution < 1.29 is 13.9 Å². The number of esters is 1. The number of hydrogen-bond acceptors (Lipinski definition) is 6. The minimum absolute atomic E-state index is 0.219. The normalized spacial score (nSPS) is 16.6. The third-order valence-corrected chi connectivity index (χ3v) is 5.43. The summed E-state index contributed by atoms with van der Waals surface area (Å²) in [5, 5.41) is 0. The van der Waals surface area contributed by atoms with Crippen LogP contribution in [0.1, 0.15) is 31.2 Å². The molecule has 2 aromatic heterocycles. The number of carbonyl (C=O) groups excluding carboxylic acids is 1. The molecule has 3 heterocycles. The first-order valence-corrected chi connectivity index (χ1v) is 9.70. The Bertz CT molecular complexity index is 1220. The SMILES string of the molecule is CCOC(=O)C1=C(C)N=c2s/c(=C\c3ccco3)c(=O)n2[C@@H]1c1ccccc1. The van der Waals surface area contributed by atoms with E-state index in [0.29, 0.717) is 26.4 Å². The molecule has 142 valence electrons. The summed E-state index contributed by atoms with van der Waals surface area (Å²) in [4.78, 5) is 31.0. The number of furan rings is 1. The molecular weight excluding hydrogens is 376 g/mol. The van der Waals surface area contributed by atoms with Crippen LogP contribution in [0.5, 0.6) is 0 Å². The Hall–Kier alpha value is -3.19. The van der Waals surface area contributed by atoms with E-state index < -0.39 is 12.0 Å². The highest BCUT2D eigenvalue weighted by molar-refractivity contribution is 7.07. The first-order valence-electron chi connectivity index (χ1n) is 8.88. The van der Waals surface area contributed by atoms with Gasteiger partial charge >= 0.3 is 5.97 Å². The van der Waals surface area contributed by atoms with E-state index in [0.717, 1.165) is 5.56 Å². The van der Waals surface area contributed by atoms with Crippen LogP contribution in [0.3, 0.4) is 0 Å². The Labute approximate surface area is 164 Å². The van der Waals surface area contributed by atoms with Crippen LogP contribution in [0.2, 0.25) is 0 Å². The largest absolute Gasteiger partial charge is 0.465 e. The first kappa shape index (κ1) is 18.2. The van der Waals surface area contributed by atoms with Crippen LogP contribution in [0.25, 0.3) is 6.08 Å². The van der Waals surface area contributed by atoms with Crippen LogP contribution in [-0.2, 0) is 9.53 Å². The van der Waals surface area contributed by atoms with Crippen molar-refractivity contribution in [2.45, 2.75) is 19.9 Å². The topological polar surface area (TPSA) is 73.8 Å². The van der Waals surface area contributed by atoms with Gasteiger partial charge in [0.25, 0.3) is 5.56 Å². The molecule has 0 aliphatic carbocycles. The summed E-state index contributed by atoms with van der Waals surface area (Å²) in [5.41, 5.74) is 1.54. The van der Waals surface area contributed by atoms with Gasteiger partial charge in [0.15, 0.2) is 4.80 Å². The number of ether oxygens (including phenoxy) is 1. The van der Waals surface area contributed by atoms with Crippen LogP contribution in [0, 0.1) is 0 Å². The third-order valence-electron chi connectivity index (χ3n) is 4.45. The quantitative estimate of drug-likeness (QED) is 0.637. The molecule has 1 aliphatic rings. The van der Waals surface area contributed by atoms with Crippen molar-refractivity contribution in [3.05, 3.63) is 91.0 Å². The average molecular weight is 394 g/mol. The number of fused-ring (bicyclic) bond motifs is 1. The molecule has 0 saturated carbocycles. The van der Waals surface area contributed by atoms with Crippen molar-refractivity contribution in [2.75, 3.05) is 6.61 Å². The molecule has 0 bridgehead atoms. The minimum Gasteiger partial charge on any atom is -0.465 e. The highest BCUT2D eigenvalue weighted by atomic mass is 32.1. The summed E-state index contributed by atoms with van der Waals surface area (Å²) in [6.07, 6.45) is 3.24. The van der Waals surface area contributed by atoms with Gasteiger partial charge in [0.2, 0.25) is 0 Å². The highest BCUT2D eigenvalue weighted by Gasteiger charge is 2.33. The molecule has 3 aromatic rings. The van der Waals surface area contributed by atoms with Crippen LogP contribution in [0.15, 0.2) is 74.2 Å². The molecule has 0 fully saturated rings. The lowest BCUT2D eigenvalue weighted by molar-refractivity contribution is -0.139. The lowest BCUT2D eigenvalue weighted by Gasteiger charge is -2.24. The molecule has 0 radical (unpaired) electrons. The lowest BCUT2D eigenvalue weighted by Crippen LogP contribution is -2.39. The zero-order valence-corrected chi connectivity index (χ0v) is 16.2. The molecule has 1 atom stereocenters. The molecule has 1 aromatic carbocycles. The van der Waals surface area contributed by atoms with Crippen LogP contribution < -0.4 is 14.9 Å². The zero-order valence-electron chi connectivity index (χ0n) is 15.4. The van der Waals surface area contributed by atoms with E-state index in [9.17, 15) is 9.59 Å². The number of thiazole rings is 1. The molecule has 7 heteroatoms. The molecule has 6 nitrogen and oxygen atoms in total. The van der Waals surface area contributed by atoms with Crippen molar-refractivity contribution in [1.82, 2.24) is 4.57 Å². The van der Waals surface area contributed by atoms with Crippen molar-refractivity contribution in [1.29, 1.82) is 0 Å². The summed E-state index contributed by atoms with van der Waals surface area (Å²) in [6, 6.07) is 12.4. The third kappa shape index (κ3) is 3.14. The molecule has 0 spiro atoms. The van der Waals surface area contributed by atoms with Gasteiger partial charge in [-0.3, -0.25) is 9.36 Å². The molecule has 0 unspecified atom stereocenters. The van der Waals surface area contributed by atoms with E-state index in [1.165, 1.54) is 11.3 Å². The van der Waals surface area contributed by atoms with Gasteiger partial charge in [0.05, 0.1) is 34.7 Å².